The van der Waals surface area contributed by atoms with E-state index in [1.54, 1.807) is 0 Å². The number of unbranched alkanes of at least 4 members (excludes halogenated alkanes) is 9. The van der Waals surface area contributed by atoms with Gasteiger partial charge in [0.05, 0.1) is 12.2 Å². The van der Waals surface area contributed by atoms with E-state index in [1.165, 1.54) is 45.4 Å². The molecule has 0 radical (unpaired) electrons. The lowest BCUT2D eigenvalue weighted by Gasteiger charge is -2.15. The number of esters is 1. The Morgan fingerprint density at radius 2 is 1.40 bits per heavy atom. The molecule has 0 aliphatic heterocycles. The monoisotopic (exact) mass is 356 g/mol. The number of aliphatic hydroxyl groups is 2. The number of terminal acetylenes is 1. The van der Waals surface area contributed by atoms with E-state index in [-0.39, 0.29) is 13.0 Å². The van der Waals surface area contributed by atoms with Crippen molar-refractivity contribution in [2.24, 2.45) is 0 Å². The number of hydrogen-bond acceptors (Lipinski definition) is 4. The molecular formula is C21H40O4. The van der Waals surface area contributed by atoms with Crippen LogP contribution in [0.25, 0.3) is 0 Å². The van der Waals surface area contributed by atoms with Gasteiger partial charge < -0.3 is 14.9 Å². The zero-order valence-electron chi connectivity index (χ0n) is 16.6. The summed E-state index contributed by atoms with van der Waals surface area (Å²) in [6, 6.07) is 0. The van der Waals surface area contributed by atoms with Gasteiger partial charge >= 0.3 is 5.97 Å². The lowest BCUT2D eigenvalue weighted by molar-refractivity contribution is -0.144. The molecule has 0 aromatic rings. The van der Waals surface area contributed by atoms with E-state index in [9.17, 15) is 15.0 Å². The van der Waals surface area contributed by atoms with Crippen molar-refractivity contribution < 1.29 is 19.7 Å². The first-order valence-corrected chi connectivity index (χ1v) is 9.99. The Bertz CT molecular complexity index is 322. The van der Waals surface area contributed by atoms with Gasteiger partial charge in [-0.25, -0.2) is 0 Å². The highest BCUT2D eigenvalue weighted by Crippen LogP contribution is 2.13. The molecule has 0 spiro atoms. The molecule has 0 bridgehead atoms. The first kappa shape index (κ1) is 26.2. The van der Waals surface area contributed by atoms with Crippen molar-refractivity contribution in [1.82, 2.24) is 0 Å². The summed E-state index contributed by atoms with van der Waals surface area (Å²) in [5.41, 5.74) is 0. The van der Waals surface area contributed by atoms with E-state index in [0.29, 0.717) is 6.42 Å². The molecule has 0 heterocycles. The van der Waals surface area contributed by atoms with E-state index in [1.807, 2.05) is 13.8 Å². The summed E-state index contributed by atoms with van der Waals surface area (Å²) in [5.74, 6) is 2.26. The molecule has 0 saturated carbocycles. The average Bonchev–Trinajstić information content (AvgIpc) is 2.59. The fourth-order valence-electron chi connectivity index (χ4n) is 2.56. The van der Waals surface area contributed by atoms with Gasteiger partial charge in [-0.15, -0.1) is 12.3 Å². The van der Waals surface area contributed by atoms with Crippen molar-refractivity contribution in [3.8, 4) is 12.3 Å². The maximum Gasteiger partial charge on any atom is 0.302 e. The van der Waals surface area contributed by atoms with Gasteiger partial charge in [-0.05, 0) is 12.8 Å². The summed E-state index contributed by atoms with van der Waals surface area (Å²) in [4.78, 5) is 10.6. The molecule has 0 saturated heterocycles. The Morgan fingerprint density at radius 3 is 1.88 bits per heavy atom. The van der Waals surface area contributed by atoms with E-state index in [2.05, 4.69) is 5.92 Å². The van der Waals surface area contributed by atoms with Crippen LogP contribution < -0.4 is 0 Å². The fraction of sp³-hybridized carbons (Fsp3) is 0.857. The lowest BCUT2D eigenvalue weighted by atomic mass is 10.0. The second-order valence-electron chi connectivity index (χ2n) is 6.27. The summed E-state index contributed by atoms with van der Waals surface area (Å²) in [6.45, 7) is 5.27. The Morgan fingerprint density at radius 1 is 0.920 bits per heavy atom. The average molecular weight is 357 g/mol. The summed E-state index contributed by atoms with van der Waals surface area (Å²) in [6.07, 6.45) is 16.6. The molecular weight excluding hydrogens is 316 g/mol. The van der Waals surface area contributed by atoms with E-state index >= 15 is 0 Å². The minimum atomic E-state index is -0.775. The van der Waals surface area contributed by atoms with Gasteiger partial charge in [0.2, 0.25) is 0 Å². The number of aliphatic hydroxyl groups excluding tert-OH is 2. The van der Waals surface area contributed by atoms with Gasteiger partial charge in [0.1, 0.15) is 6.61 Å². The van der Waals surface area contributed by atoms with Crippen LogP contribution in [0.2, 0.25) is 0 Å². The van der Waals surface area contributed by atoms with Crippen molar-refractivity contribution in [2.45, 2.75) is 110 Å². The van der Waals surface area contributed by atoms with Crippen LogP contribution in [0.1, 0.15) is 97.8 Å². The molecule has 0 aromatic heterocycles. The van der Waals surface area contributed by atoms with Crippen molar-refractivity contribution in [3.63, 3.8) is 0 Å². The zero-order valence-corrected chi connectivity index (χ0v) is 16.6. The Kier molecular flexibility index (Phi) is 22.0. The summed E-state index contributed by atoms with van der Waals surface area (Å²) < 4.78 is 4.71. The van der Waals surface area contributed by atoms with Crippen molar-refractivity contribution in [2.75, 3.05) is 6.61 Å². The molecule has 0 aliphatic carbocycles. The predicted octanol–water partition coefficient (Wildman–Crippen LogP) is 4.61. The highest BCUT2D eigenvalue weighted by Gasteiger charge is 2.12. The van der Waals surface area contributed by atoms with Gasteiger partial charge in [-0.2, -0.15) is 0 Å². The molecule has 4 heteroatoms. The van der Waals surface area contributed by atoms with Gasteiger partial charge in [0.15, 0.2) is 0 Å². The van der Waals surface area contributed by atoms with Gasteiger partial charge in [-0.1, -0.05) is 65.2 Å². The molecule has 0 rings (SSSR count). The zero-order chi connectivity index (χ0) is 19.3. The Hall–Kier alpha value is -1.05. The summed E-state index contributed by atoms with van der Waals surface area (Å²) in [5, 5.41) is 19.4. The quantitative estimate of drug-likeness (QED) is 0.255. The van der Waals surface area contributed by atoms with Crippen molar-refractivity contribution in [3.05, 3.63) is 0 Å². The Labute approximate surface area is 155 Å². The Balaban J connectivity index is 0. The molecule has 2 atom stereocenters. The topological polar surface area (TPSA) is 66.8 Å². The van der Waals surface area contributed by atoms with Crippen molar-refractivity contribution in [1.29, 1.82) is 0 Å². The molecule has 25 heavy (non-hydrogen) atoms. The SMILES string of the molecule is C#CCCCCCCCCCCC[C@H](O)C[C@H](O)COC(C)=O.CC. The minimum Gasteiger partial charge on any atom is -0.463 e. The van der Waals surface area contributed by atoms with Crippen LogP contribution in [0.15, 0.2) is 0 Å². The molecule has 2 N–H and O–H groups in total. The lowest BCUT2D eigenvalue weighted by Crippen LogP contribution is -2.23. The van der Waals surface area contributed by atoms with E-state index in [4.69, 9.17) is 11.2 Å². The van der Waals surface area contributed by atoms with Crippen LogP contribution >= 0.6 is 0 Å². The molecule has 0 aromatic carbocycles. The molecule has 0 aliphatic rings. The molecule has 0 amide bonds. The van der Waals surface area contributed by atoms with Crippen LogP contribution in [0, 0.1) is 12.3 Å². The molecule has 0 fully saturated rings. The van der Waals surface area contributed by atoms with Crippen LogP contribution in [-0.2, 0) is 9.53 Å². The number of ether oxygens (including phenoxy) is 1. The smallest absolute Gasteiger partial charge is 0.302 e. The minimum absolute atomic E-state index is 0.0340. The molecule has 0 unspecified atom stereocenters. The number of hydrogen-bond donors (Lipinski definition) is 2. The fourth-order valence-corrected chi connectivity index (χ4v) is 2.56. The first-order valence-electron chi connectivity index (χ1n) is 9.99. The van der Waals surface area contributed by atoms with Gasteiger partial charge in [0.25, 0.3) is 0 Å². The maximum atomic E-state index is 10.6. The normalized spacial score (nSPS) is 12.5. The summed E-state index contributed by atoms with van der Waals surface area (Å²) >= 11 is 0. The largest absolute Gasteiger partial charge is 0.463 e. The second-order valence-corrected chi connectivity index (χ2v) is 6.27. The standard InChI is InChI=1S/C19H34O4.C2H6/c1-3-4-5-6-7-8-9-10-11-12-13-14-18(21)15-19(22)16-23-17(2)20;1-2/h1,18-19,21-22H,4-16H2,2H3;1-2H3/t18-,19-;/m0./s1. The van der Waals surface area contributed by atoms with Crippen LogP contribution in [0.5, 0.6) is 0 Å². The van der Waals surface area contributed by atoms with Gasteiger partial charge in [-0.3, -0.25) is 4.79 Å². The van der Waals surface area contributed by atoms with Crippen molar-refractivity contribution >= 4 is 5.97 Å². The van der Waals surface area contributed by atoms with Crippen LogP contribution in [-0.4, -0.2) is 35.0 Å². The third-order valence-corrected chi connectivity index (χ3v) is 3.88. The van der Waals surface area contributed by atoms with E-state index < -0.39 is 18.2 Å². The second kappa shape index (κ2) is 21.0. The van der Waals surface area contributed by atoms with Crippen LogP contribution in [0.3, 0.4) is 0 Å². The van der Waals surface area contributed by atoms with Crippen LogP contribution in [0.4, 0.5) is 0 Å². The third kappa shape index (κ3) is 22.9. The first-order chi connectivity index (χ1) is 12.1. The maximum absolute atomic E-state index is 10.6. The predicted molar refractivity (Wildman–Crippen MR) is 104 cm³/mol. The number of carbonyl (C=O) groups is 1. The molecule has 148 valence electrons. The highest BCUT2D eigenvalue weighted by atomic mass is 16.5. The number of carbonyl (C=O) groups excluding carboxylic acids is 1. The number of rotatable bonds is 15. The summed E-state index contributed by atoms with van der Waals surface area (Å²) in [7, 11) is 0. The van der Waals surface area contributed by atoms with E-state index in [0.717, 1.165) is 25.7 Å². The third-order valence-electron chi connectivity index (χ3n) is 3.88. The molecule has 4 nitrogen and oxygen atoms in total. The highest BCUT2D eigenvalue weighted by molar-refractivity contribution is 5.65. The van der Waals surface area contributed by atoms with Gasteiger partial charge in [0, 0.05) is 19.8 Å².